The van der Waals surface area contributed by atoms with E-state index in [1.165, 1.54) is 0 Å². The van der Waals surface area contributed by atoms with E-state index in [9.17, 15) is 9.59 Å². The largest absolute Gasteiger partial charge is 0.486 e. The Morgan fingerprint density at radius 1 is 0.759 bits per heavy atom. The van der Waals surface area contributed by atoms with Gasteiger partial charge >= 0.3 is 0 Å². The fraction of sp³-hybridized carbons (Fsp3) is 0.0909. The second-order valence-corrected chi connectivity index (χ2v) is 7.10. The highest BCUT2D eigenvalue weighted by atomic mass is 35.5. The van der Waals surface area contributed by atoms with Gasteiger partial charge < -0.3 is 14.8 Å². The second-order valence-electron chi connectivity index (χ2n) is 6.28. The molecule has 0 atom stereocenters. The number of rotatable bonds is 4. The Morgan fingerprint density at radius 3 is 1.93 bits per heavy atom. The Morgan fingerprint density at radius 2 is 1.31 bits per heavy atom. The van der Waals surface area contributed by atoms with Gasteiger partial charge in [-0.2, -0.15) is 0 Å². The molecule has 1 aliphatic heterocycles. The predicted octanol–water partition coefficient (Wildman–Crippen LogP) is 5.25. The molecule has 29 heavy (non-hydrogen) atoms. The summed E-state index contributed by atoms with van der Waals surface area (Å²) in [6, 6.07) is 16.5. The van der Waals surface area contributed by atoms with Crippen molar-refractivity contribution in [2.45, 2.75) is 0 Å². The first-order valence-electron chi connectivity index (χ1n) is 8.83. The third-order valence-electron chi connectivity index (χ3n) is 4.41. The molecule has 4 rings (SSSR count). The van der Waals surface area contributed by atoms with Crippen LogP contribution in [0.3, 0.4) is 0 Å². The van der Waals surface area contributed by atoms with Crippen LogP contribution in [-0.2, 0) is 0 Å². The van der Waals surface area contributed by atoms with Gasteiger partial charge in [-0.05, 0) is 30.3 Å². The van der Waals surface area contributed by atoms with Crippen LogP contribution in [0.25, 0.3) is 0 Å². The molecular formula is C22H15Cl2NO4. The molecule has 0 unspecified atom stereocenters. The standard InChI is InChI=1S/C22H15Cl2NO4/c23-16-7-3-1-5-13(16)21(26)15-11-19-20(29-10-9-28-19)12-18(15)25-22(27)14-6-2-4-8-17(14)24/h1-8,11-12H,9-10H2,(H,25,27). The van der Waals surface area contributed by atoms with Gasteiger partial charge in [-0.15, -0.1) is 0 Å². The normalized spacial score (nSPS) is 12.3. The molecule has 7 heteroatoms. The van der Waals surface area contributed by atoms with Crippen LogP contribution < -0.4 is 14.8 Å². The molecule has 0 aromatic heterocycles. The molecule has 146 valence electrons. The molecule has 1 amide bonds. The summed E-state index contributed by atoms with van der Waals surface area (Å²) in [6.45, 7) is 0.751. The van der Waals surface area contributed by atoms with Crippen LogP contribution >= 0.6 is 23.2 Å². The molecule has 0 radical (unpaired) electrons. The lowest BCUT2D eigenvalue weighted by atomic mass is 10.00. The zero-order valence-electron chi connectivity index (χ0n) is 15.1. The average molecular weight is 428 g/mol. The molecule has 0 saturated carbocycles. The van der Waals surface area contributed by atoms with E-state index in [4.69, 9.17) is 32.7 Å². The lowest BCUT2D eigenvalue weighted by Crippen LogP contribution is -2.19. The van der Waals surface area contributed by atoms with E-state index in [1.54, 1.807) is 60.7 Å². The summed E-state index contributed by atoms with van der Waals surface area (Å²) in [5, 5.41) is 3.39. The maximum atomic E-state index is 13.2. The topological polar surface area (TPSA) is 64.6 Å². The quantitative estimate of drug-likeness (QED) is 0.577. The minimum atomic E-state index is -0.444. The minimum absolute atomic E-state index is 0.239. The number of ketones is 1. The van der Waals surface area contributed by atoms with Crippen molar-refractivity contribution in [1.82, 2.24) is 0 Å². The van der Waals surface area contributed by atoms with E-state index in [1.807, 2.05) is 0 Å². The van der Waals surface area contributed by atoms with Gasteiger partial charge in [0, 0.05) is 11.6 Å². The second kappa shape index (κ2) is 8.15. The van der Waals surface area contributed by atoms with Gasteiger partial charge in [0.05, 0.1) is 26.9 Å². The minimum Gasteiger partial charge on any atom is -0.486 e. The van der Waals surface area contributed by atoms with E-state index in [-0.39, 0.29) is 17.0 Å². The molecule has 0 spiro atoms. The van der Waals surface area contributed by atoms with Crippen LogP contribution in [0.2, 0.25) is 10.0 Å². The third-order valence-corrected chi connectivity index (χ3v) is 5.07. The Labute approximate surface area is 177 Å². The van der Waals surface area contributed by atoms with Gasteiger partial charge in [0.1, 0.15) is 13.2 Å². The number of anilines is 1. The van der Waals surface area contributed by atoms with E-state index >= 15 is 0 Å². The Kier molecular flexibility index (Phi) is 5.43. The molecule has 3 aromatic carbocycles. The number of hydrogen-bond donors (Lipinski definition) is 1. The molecular weight excluding hydrogens is 413 g/mol. The molecule has 5 nitrogen and oxygen atoms in total. The van der Waals surface area contributed by atoms with Crippen LogP contribution in [0.15, 0.2) is 60.7 Å². The number of halogens is 2. The number of benzene rings is 3. The number of amides is 1. The van der Waals surface area contributed by atoms with Gasteiger partial charge in [0.2, 0.25) is 0 Å². The zero-order chi connectivity index (χ0) is 20.4. The van der Waals surface area contributed by atoms with E-state index < -0.39 is 5.91 Å². The van der Waals surface area contributed by atoms with Gasteiger partial charge in [-0.25, -0.2) is 0 Å². The summed E-state index contributed by atoms with van der Waals surface area (Å²) < 4.78 is 11.2. The predicted molar refractivity (Wildman–Crippen MR) is 112 cm³/mol. The maximum Gasteiger partial charge on any atom is 0.257 e. The van der Waals surface area contributed by atoms with Gasteiger partial charge in [-0.3, -0.25) is 9.59 Å². The molecule has 0 fully saturated rings. The lowest BCUT2D eigenvalue weighted by molar-refractivity contribution is 0.102. The fourth-order valence-corrected chi connectivity index (χ4v) is 3.45. The van der Waals surface area contributed by atoms with Crippen LogP contribution in [0, 0.1) is 0 Å². The van der Waals surface area contributed by atoms with E-state index in [0.29, 0.717) is 45.9 Å². The number of hydrogen-bond acceptors (Lipinski definition) is 4. The molecule has 0 saturated heterocycles. The first-order valence-corrected chi connectivity index (χ1v) is 9.59. The van der Waals surface area contributed by atoms with Crippen molar-refractivity contribution in [2.24, 2.45) is 0 Å². The molecule has 1 heterocycles. The molecule has 1 N–H and O–H groups in total. The highest BCUT2D eigenvalue weighted by molar-refractivity contribution is 6.36. The Hall–Kier alpha value is -3.02. The van der Waals surface area contributed by atoms with Crippen LogP contribution in [0.4, 0.5) is 5.69 Å². The van der Waals surface area contributed by atoms with Crippen molar-refractivity contribution >= 4 is 40.6 Å². The third kappa shape index (κ3) is 3.92. The number of carbonyl (C=O) groups excluding carboxylic acids is 2. The van der Waals surface area contributed by atoms with Crippen molar-refractivity contribution in [3.05, 3.63) is 87.4 Å². The lowest BCUT2D eigenvalue weighted by Gasteiger charge is -2.21. The van der Waals surface area contributed by atoms with Gasteiger partial charge in [0.25, 0.3) is 5.91 Å². The van der Waals surface area contributed by atoms with Crippen molar-refractivity contribution in [2.75, 3.05) is 18.5 Å². The molecule has 1 aliphatic rings. The molecule has 0 aliphatic carbocycles. The number of fused-ring (bicyclic) bond motifs is 1. The van der Waals surface area contributed by atoms with Crippen molar-refractivity contribution in [1.29, 1.82) is 0 Å². The monoisotopic (exact) mass is 427 g/mol. The highest BCUT2D eigenvalue weighted by Crippen LogP contribution is 2.37. The average Bonchev–Trinajstić information content (AvgIpc) is 2.73. The Balaban J connectivity index is 1.78. The summed E-state index contributed by atoms with van der Waals surface area (Å²) in [5.41, 5.74) is 1.13. The summed E-state index contributed by atoms with van der Waals surface area (Å²) in [4.78, 5) is 26.0. The SMILES string of the molecule is O=C(Nc1cc2c(cc1C(=O)c1ccccc1Cl)OCCO2)c1ccccc1Cl. The number of nitrogens with one attached hydrogen (secondary N) is 1. The number of carbonyl (C=O) groups is 2. The van der Waals surface area contributed by atoms with E-state index in [0.717, 1.165) is 0 Å². The van der Waals surface area contributed by atoms with E-state index in [2.05, 4.69) is 5.32 Å². The zero-order valence-corrected chi connectivity index (χ0v) is 16.6. The van der Waals surface area contributed by atoms with Crippen LogP contribution in [-0.4, -0.2) is 24.9 Å². The van der Waals surface area contributed by atoms with Gasteiger partial charge in [0.15, 0.2) is 17.3 Å². The first kappa shape index (κ1) is 19.3. The van der Waals surface area contributed by atoms with Crippen LogP contribution in [0.1, 0.15) is 26.3 Å². The first-order chi connectivity index (χ1) is 14.0. The summed E-state index contributed by atoms with van der Waals surface area (Å²) in [5.74, 6) is 0.0892. The summed E-state index contributed by atoms with van der Waals surface area (Å²) in [7, 11) is 0. The van der Waals surface area contributed by atoms with Gasteiger partial charge in [-0.1, -0.05) is 47.5 Å². The maximum absolute atomic E-state index is 13.2. The number of ether oxygens (including phenoxy) is 2. The summed E-state index contributed by atoms with van der Waals surface area (Å²) >= 11 is 12.3. The Bertz CT molecular complexity index is 1110. The van der Waals surface area contributed by atoms with Crippen molar-refractivity contribution in [3.63, 3.8) is 0 Å². The summed E-state index contributed by atoms with van der Waals surface area (Å²) in [6.07, 6.45) is 0. The highest BCUT2D eigenvalue weighted by Gasteiger charge is 2.23. The molecule has 3 aromatic rings. The fourth-order valence-electron chi connectivity index (χ4n) is 3.01. The smallest absolute Gasteiger partial charge is 0.257 e. The van der Waals surface area contributed by atoms with Crippen LogP contribution in [0.5, 0.6) is 11.5 Å². The molecule has 0 bridgehead atoms. The van der Waals surface area contributed by atoms with Crippen molar-refractivity contribution in [3.8, 4) is 11.5 Å². The van der Waals surface area contributed by atoms with Crippen molar-refractivity contribution < 1.29 is 19.1 Å².